The fraction of sp³-hybridized carbons (Fsp3) is 0.452. The zero-order chi connectivity index (χ0) is 25.6. The second-order valence-electron chi connectivity index (χ2n) is 11.0. The largest absolute Gasteiger partial charge is 0.342 e. The van der Waals surface area contributed by atoms with E-state index in [0.29, 0.717) is 35.7 Å². The summed E-state index contributed by atoms with van der Waals surface area (Å²) in [5.74, 6) is 1.39. The molecule has 3 aromatic rings. The zero-order valence-corrected chi connectivity index (χ0v) is 21.4. The average Bonchev–Trinajstić information content (AvgIpc) is 3.32. The molecule has 1 saturated carbocycles. The van der Waals surface area contributed by atoms with Gasteiger partial charge in [-0.3, -0.25) is 4.79 Å². The van der Waals surface area contributed by atoms with Gasteiger partial charge in [0.1, 0.15) is 11.5 Å². The van der Waals surface area contributed by atoms with Crippen LogP contribution in [-0.2, 0) is 18.5 Å². The third kappa shape index (κ3) is 4.35. The van der Waals surface area contributed by atoms with Crippen molar-refractivity contribution in [3.63, 3.8) is 0 Å². The van der Waals surface area contributed by atoms with Crippen molar-refractivity contribution >= 4 is 5.91 Å². The van der Waals surface area contributed by atoms with Crippen molar-refractivity contribution in [1.29, 1.82) is 5.26 Å². The van der Waals surface area contributed by atoms with Crippen molar-refractivity contribution < 1.29 is 9.18 Å². The Balaban J connectivity index is 1.27. The molecule has 3 aliphatic rings. The van der Waals surface area contributed by atoms with Crippen molar-refractivity contribution in [2.24, 2.45) is 0 Å². The molecule has 6 heteroatoms. The van der Waals surface area contributed by atoms with Crippen molar-refractivity contribution in [3.8, 4) is 17.5 Å². The van der Waals surface area contributed by atoms with Crippen LogP contribution in [0.5, 0.6) is 0 Å². The minimum absolute atomic E-state index is 0.0305. The molecular formula is C31H33FN4O. The first-order valence-electron chi connectivity index (χ1n) is 13.7. The number of amides is 1. The van der Waals surface area contributed by atoms with Crippen molar-refractivity contribution in [2.75, 3.05) is 13.1 Å². The number of piperidine rings is 1. The molecule has 190 valence electrons. The van der Waals surface area contributed by atoms with Gasteiger partial charge >= 0.3 is 0 Å². The highest BCUT2D eigenvalue weighted by Gasteiger charge is 2.38. The molecule has 2 fully saturated rings. The fourth-order valence-corrected chi connectivity index (χ4v) is 6.17. The van der Waals surface area contributed by atoms with Crippen molar-refractivity contribution in [2.45, 2.75) is 76.3 Å². The van der Waals surface area contributed by atoms with Crippen LogP contribution < -0.4 is 0 Å². The lowest BCUT2D eigenvalue weighted by Gasteiger charge is -2.37. The second kappa shape index (κ2) is 9.45. The van der Waals surface area contributed by atoms with E-state index in [4.69, 9.17) is 10.2 Å². The summed E-state index contributed by atoms with van der Waals surface area (Å²) in [6.45, 7) is 2.75. The maximum atomic E-state index is 15.8. The normalized spacial score (nSPS) is 19.1. The number of aryl methyl sites for hydroxylation is 3. The van der Waals surface area contributed by atoms with E-state index < -0.39 is 5.67 Å². The summed E-state index contributed by atoms with van der Waals surface area (Å²) in [4.78, 5) is 24.1. The summed E-state index contributed by atoms with van der Waals surface area (Å²) < 4.78 is 15.8. The maximum absolute atomic E-state index is 15.8. The first-order valence-corrected chi connectivity index (χ1v) is 13.7. The Morgan fingerprint density at radius 1 is 1.11 bits per heavy atom. The first-order chi connectivity index (χ1) is 17.9. The van der Waals surface area contributed by atoms with Crippen LogP contribution in [0.3, 0.4) is 0 Å². The minimum atomic E-state index is -1.48. The molecular weight excluding hydrogens is 463 g/mol. The van der Waals surface area contributed by atoms with Crippen LogP contribution in [0.1, 0.15) is 94.9 Å². The number of aromatic amines is 1. The number of aromatic nitrogens is 2. The molecule has 1 aliphatic heterocycles. The number of halogens is 1. The zero-order valence-electron chi connectivity index (χ0n) is 21.4. The second-order valence-corrected chi connectivity index (χ2v) is 11.0. The van der Waals surface area contributed by atoms with Gasteiger partial charge in [0, 0.05) is 42.8 Å². The number of fused-ring (bicyclic) bond motifs is 1. The van der Waals surface area contributed by atoms with Crippen molar-refractivity contribution in [3.05, 3.63) is 75.6 Å². The molecule has 2 aromatic carbocycles. The summed E-state index contributed by atoms with van der Waals surface area (Å²) in [6, 6.07) is 13.1. The number of carbonyl (C=O) groups excluding carboxylic acids is 1. The Morgan fingerprint density at radius 3 is 2.49 bits per heavy atom. The van der Waals surface area contributed by atoms with Gasteiger partial charge in [0.15, 0.2) is 0 Å². The SMILES string of the molecule is Cc1cc(C2CCC2)c(-c2nc3c([nH]2)CCCC3)cc1C(=O)N1CCC(F)(c2ccc(C#N)cc2)CC1. The summed E-state index contributed by atoms with van der Waals surface area (Å²) in [5.41, 5.74) is 6.08. The molecule has 1 N–H and O–H groups in total. The number of H-pyrrole nitrogens is 1. The van der Waals surface area contributed by atoms with Gasteiger partial charge in [-0.1, -0.05) is 24.6 Å². The highest BCUT2D eigenvalue weighted by Crippen LogP contribution is 2.43. The topological polar surface area (TPSA) is 72.8 Å². The molecule has 1 saturated heterocycles. The van der Waals surface area contributed by atoms with Gasteiger partial charge in [-0.05, 0) is 86.3 Å². The molecule has 0 unspecified atom stereocenters. The van der Waals surface area contributed by atoms with Crippen LogP contribution in [0, 0.1) is 18.3 Å². The monoisotopic (exact) mass is 496 g/mol. The Hall–Kier alpha value is -3.46. The predicted molar refractivity (Wildman–Crippen MR) is 141 cm³/mol. The number of benzene rings is 2. The van der Waals surface area contributed by atoms with Crippen LogP contribution >= 0.6 is 0 Å². The Morgan fingerprint density at radius 2 is 1.84 bits per heavy atom. The number of nitriles is 1. The number of likely N-dealkylation sites (tertiary alicyclic amines) is 1. The smallest absolute Gasteiger partial charge is 0.254 e. The number of hydrogen-bond acceptors (Lipinski definition) is 3. The molecule has 0 spiro atoms. The highest BCUT2D eigenvalue weighted by molar-refractivity contribution is 5.97. The van der Waals surface area contributed by atoms with E-state index in [0.717, 1.165) is 29.8 Å². The number of carbonyl (C=O) groups is 1. The number of alkyl halides is 1. The Kier molecular flexibility index (Phi) is 6.10. The predicted octanol–water partition coefficient (Wildman–Crippen LogP) is 6.50. The van der Waals surface area contributed by atoms with E-state index in [2.05, 4.69) is 17.1 Å². The number of nitrogens with zero attached hydrogens (tertiary/aromatic N) is 3. The van der Waals surface area contributed by atoms with E-state index in [-0.39, 0.29) is 18.7 Å². The molecule has 2 aliphatic carbocycles. The molecule has 1 amide bonds. The van der Waals surface area contributed by atoms with Gasteiger partial charge in [0.25, 0.3) is 5.91 Å². The van der Waals surface area contributed by atoms with Crippen LogP contribution in [0.15, 0.2) is 36.4 Å². The van der Waals surface area contributed by atoms with Gasteiger partial charge in [-0.2, -0.15) is 5.26 Å². The fourth-order valence-electron chi connectivity index (χ4n) is 6.17. The van der Waals surface area contributed by atoms with Gasteiger partial charge in [0.05, 0.1) is 17.3 Å². The maximum Gasteiger partial charge on any atom is 0.254 e. The quantitative estimate of drug-likeness (QED) is 0.448. The average molecular weight is 497 g/mol. The van der Waals surface area contributed by atoms with E-state index in [1.54, 1.807) is 29.2 Å². The lowest BCUT2D eigenvalue weighted by atomic mass is 9.77. The van der Waals surface area contributed by atoms with E-state index >= 15 is 4.39 Å². The van der Waals surface area contributed by atoms with E-state index in [1.807, 2.05) is 13.0 Å². The molecule has 6 rings (SSSR count). The molecule has 2 heterocycles. The van der Waals surface area contributed by atoms with Crippen molar-refractivity contribution in [1.82, 2.24) is 14.9 Å². The molecule has 0 radical (unpaired) electrons. The standard InChI is InChI=1S/C31H33FN4O/c1-20-17-25(22-5-4-6-22)26(29-34-27-7-2-3-8-28(27)35-29)18-24(20)30(37)36-15-13-31(32,14-16-36)23-11-9-21(19-33)10-12-23/h9-12,17-18,22H,2-8,13-16H2,1H3,(H,34,35). The van der Waals surface area contributed by atoms with Gasteiger partial charge in [-0.25, -0.2) is 9.37 Å². The summed E-state index contributed by atoms with van der Waals surface area (Å²) >= 11 is 0. The lowest BCUT2D eigenvalue weighted by molar-refractivity contribution is 0.0421. The van der Waals surface area contributed by atoms with Gasteiger partial charge < -0.3 is 9.88 Å². The molecule has 37 heavy (non-hydrogen) atoms. The summed E-state index contributed by atoms with van der Waals surface area (Å²) in [7, 11) is 0. The number of nitrogens with one attached hydrogen (secondary N) is 1. The third-order valence-corrected chi connectivity index (χ3v) is 8.76. The highest BCUT2D eigenvalue weighted by atomic mass is 19.1. The number of hydrogen-bond donors (Lipinski definition) is 1. The Bertz CT molecular complexity index is 1350. The summed E-state index contributed by atoms with van der Waals surface area (Å²) in [5, 5.41) is 9.04. The Labute approximate surface area is 217 Å². The van der Waals surface area contributed by atoms with Crippen LogP contribution in [0.2, 0.25) is 0 Å². The molecule has 5 nitrogen and oxygen atoms in total. The molecule has 0 atom stereocenters. The third-order valence-electron chi connectivity index (χ3n) is 8.76. The van der Waals surface area contributed by atoms with E-state index in [1.165, 1.54) is 49.1 Å². The minimum Gasteiger partial charge on any atom is -0.342 e. The number of rotatable bonds is 4. The van der Waals surface area contributed by atoms with Gasteiger partial charge in [-0.15, -0.1) is 0 Å². The first kappa shape index (κ1) is 23.9. The summed E-state index contributed by atoms with van der Waals surface area (Å²) in [6.07, 6.45) is 8.53. The van der Waals surface area contributed by atoms with E-state index in [9.17, 15) is 4.79 Å². The van der Waals surface area contributed by atoms with Crippen LogP contribution in [0.25, 0.3) is 11.4 Å². The lowest BCUT2D eigenvalue weighted by Crippen LogP contribution is -2.43. The molecule has 1 aromatic heterocycles. The van der Waals surface area contributed by atoms with Crippen LogP contribution in [0.4, 0.5) is 4.39 Å². The van der Waals surface area contributed by atoms with Crippen LogP contribution in [-0.4, -0.2) is 33.9 Å². The molecule has 0 bridgehead atoms. The number of imidazole rings is 1. The van der Waals surface area contributed by atoms with Gasteiger partial charge in [0.2, 0.25) is 0 Å².